The number of rotatable bonds is 29. The lowest BCUT2D eigenvalue weighted by molar-refractivity contribution is -0.166. The van der Waals surface area contributed by atoms with Gasteiger partial charge < -0.3 is 54.2 Å². The molecule has 4 heterocycles. The van der Waals surface area contributed by atoms with Gasteiger partial charge in [0.1, 0.15) is 64.8 Å². The van der Waals surface area contributed by atoms with Crippen molar-refractivity contribution in [2.75, 3.05) is 26.3 Å². The van der Waals surface area contributed by atoms with Gasteiger partial charge in [0.25, 0.3) is 5.91 Å². The number of alkyl carbamates (subject to hydrolysis) is 2. The summed E-state index contributed by atoms with van der Waals surface area (Å²) in [7, 11) is 0. The zero-order valence-corrected chi connectivity index (χ0v) is 60.4. The van der Waals surface area contributed by atoms with E-state index >= 15 is 0 Å². The molecule has 2 aromatic rings. The maximum absolute atomic E-state index is 14.7. The minimum absolute atomic E-state index is 0.00788. The van der Waals surface area contributed by atoms with Gasteiger partial charge in [0.2, 0.25) is 23.6 Å². The highest BCUT2D eigenvalue weighted by molar-refractivity contribution is 6.06. The number of ether oxygens (including phenoxy) is 6. The van der Waals surface area contributed by atoms with Crippen LogP contribution in [0.5, 0.6) is 0 Å². The Morgan fingerprint density at radius 2 is 1.05 bits per heavy atom. The second-order valence-corrected chi connectivity index (χ2v) is 28.6. The normalized spacial score (nSPS) is 22.7. The van der Waals surface area contributed by atoms with E-state index in [2.05, 4.69) is 42.3 Å². The lowest BCUT2D eigenvalue weighted by Crippen LogP contribution is -2.59. The van der Waals surface area contributed by atoms with E-state index in [4.69, 9.17) is 28.4 Å². The summed E-state index contributed by atoms with van der Waals surface area (Å²) < 4.78 is 62.0. The molecular formula is C75H102F2N8O17. The number of carbonyl (C=O) groups is 11. The number of nitrogens with zero attached hydrogens (tertiary/aromatic N) is 5. The molecule has 2 aliphatic carbocycles. The predicted octanol–water partition coefficient (Wildman–Crippen LogP) is 10.5. The number of imide groups is 1. The molecule has 2 saturated carbocycles. The summed E-state index contributed by atoms with van der Waals surface area (Å²) >= 11 is 0. The van der Waals surface area contributed by atoms with Gasteiger partial charge in [-0.05, 0) is 130 Å². The van der Waals surface area contributed by atoms with Crippen molar-refractivity contribution in [1.29, 1.82) is 0 Å². The zero-order chi connectivity index (χ0) is 75.0. The van der Waals surface area contributed by atoms with Gasteiger partial charge in [-0.2, -0.15) is 0 Å². The number of likely N-dealkylation sites (tertiary alicyclic amines) is 2. The van der Waals surface area contributed by atoms with Crippen LogP contribution in [0.15, 0.2) is 87.0 Å². The van der Waals surface area contributed by atoms with E-state index in [9.17, 15) is 61.5 Å². The average Bonchev–Trinajstić information content (AvgIpc) is 1.55. The van der Waals surface area contributed by atoms with Gasteiger partial charge in [0.05, 0.1) is 39.4 Å². The maximum atomic E-state index is 14.7. The van der Waals surface area contributed by atoms with Gasteiger partial charge >= 0.3 is 36.3 Å². The standard InChI is InChI=1S/C39H53FN4O9.C36H49FN4O8/c1-8-12-13-14-15-19-30(41-36(49)53-38(5,6)7)33(46)43-23-27(52-37(50)42-22-25-17-16-18-29(40)28(25)24-42)20-31(43)34(47)44(32(45)10-3)39(21-26(39)9-2)35(48)51-11-4;1-7-10-11-12-13-17-28(38-33(45)49-35(4,5)6)31(43)41-21-25(48-34(46)40-20-23-15-14-16-27(37)26(23)22-40)18-29(41)30(42)39-36(19-24(36)8-2)32(44)47-9-3/h8-9,16-18,26-27,30-31H,1-2,10-15,19-24H2,3-7H3,(H,41,49);7-8,14-16,24-25,28-29H,1-2,9-13,17-22H2,3-6H3,(H,38,45)(H,39,42)/t26-,27-,30+,31+,39-;24-,25-,28+,29+,36-/m11/s1. The largest absolute Gasteiger partial charge is 0.464 e. The highest BCUT2D eigenvalue weighted by atomic mass is 19.1. The van der Waals surface area contributed by atoms with E-state index in [-0.39, 0.29) is 96.9 Å². The summed E-state index contributed by atoms with van der Waals surface area (Å²) in [6.07, 6.45) is 8.06. The van der Waals surface area contributed by atoms with Crippen molar-refractivity contribution in [3.63, 3.8) is 0 Å². The number of nitrogens with one attached hydrogen (secondary N) is 3. The van der Waals surface area contributed by atoms with Crippen LogP contribution in [-0.2, 0) is 88.2 Å². The molecule has 0 radical (unpaired) electrons. The highest BCUT2D eigenvalue weighted by Crippen LogP contribution is 2.52. The Balaban J connectivity index is 0.000000287. The first-order chi connectivity index (χ1) is 48.3. The molecule has 0 aromatic heterocycles. The number of fused-ring (bicyclic) bond motifs is 2. The van der Waals surface area contributed by atoms with Crippen LogP contribution in [0.3, 0.4) is 0 Å². The van der Waals surface area contributed by atoms with E-state index in [0.29, 0.717) is 41.5 Å². The summed E-state index contributed by atoms with van der Waals surface area (Å²) in [6.45, 7) is 30.1. The fourth-order valence-corrected chi connectivity index (χ4v) is 13.4. The first-order valence-electron chi connectivity index (χ1n) is 35.4. The molecule has 8 rings (SSSR count). The van der Waals surface area contributed by atoms with Crippen LogP contribution < -0.4 is 16.0 Å². The summed E-state index contributed by atoms with van der Waals surface area (Å²) in [6, 6.07) is 4.57. The summed E-state index contributed by atoms with van der Waals surface area (Å²) in [5.74, 6) is -6.45. The average molecular weight is 1430 g/mol. The number of hydrogen-bond acceptors (Lipinski definition) is 17. The molecule has 102 heavy (non-hydrogen) atoms. The third-order valence-corrected chi connectivity index (χ3v) is 18.7. The maximum Gasteiger partial charge on any atom is 0.410 e. The van der Waals surface area contributed by atoms with E-state index in [1.54, 1.807) is 98.7 Å². The molecule has 0 unspecified atom stereocenters. The van der Waals surface area contributed by atoms with Crippen molar-refractivity contribution < 1.29 is 89.9 Å². The van der Waals surface area contributed by atoms with Gasteiger partial charge in [0, 0.05) is 55.3 Å². The number of allylic oxidation sites excluding steroid dienone is 2. The van der Waals surface area contributed by atoms with Crippen molar-refractivity contribution in [2.45, 2.75) is 243 Å². The monoisotopic (exact) mass is 1420 g/mol. The number of amides is 9. The predicted molar refractivity (Wildman–Crippen MR) is 371 cm³/mol. The Bertz CT molecular complexity index is 3480. The van der Waals surface area contributed by atoms with Crippen LogP contribution in [0, 0.1) is 23.5 Å². The van der Waals surface area contributed by atoms with E-state index in [0.717, 1.165) is 43.4 Å². The van der Waals surface area contributed by atoms with Gasteiger partial charge in [0.15, 0.2) is 5.54 Å². The fraction of sp³-hybridized carbons (Fsp3) is 0.587. The molecule has 0 bridgehead atoms. The molecule has 0 spiro atoms. The molecule has 10 atom stereocenters. The van der Waals surface area contributed by atoms with Crippen LogP contribution in [0.25, 0.3) is 0 Å². The number of hydrogen-bond donors (Lipinski definition) is 3. The van der Waals surface area contributed by atoms with E-state index in [1.165, 1.54) is 37.8 Å². The van der Waals surface area contributed by atoms with Crippen LogP contribution >= 0.6 is 0 Å². The number of halogens is 2. The number of unbranched alkanes of at least 4 members (excludes halogenated alkanes) is 6. The Morgan fingerprint density at radius 1 is 0.598 bits per heavy atom. The molecule has 27 heteroatoms. The second kappa shape index (κ2) is 35.1. The molecule has 25 nitrogen and oxygen atoms in total. The summed E-state index contributed by atoms with van der Waals surface area (Å²) in [4.78, 5) is 156. The molecular weight excluding hydrogens is 1320 g/mol. The third-order valence-electron chi connectivity index (χ3n) is 18.7. The highest BCUT2D eigenvalue weighted by Gasteiger charge is 2.68. The fourth-order valence-electron chi connectivity index (χ4n) is 13.4. The van der Waals surface area contributed by atoms with E-state index in [1.807, 2.05) is 6.08 Å². The van der Waals surface area contributed by atoms with Crippen molar-refractivity contribution in [3.8, 4) is 0 Å². The third kappa shape index (κ3) is 19.9. The van der Waals surface area contributed by atoms with Crippen molar-refractivity contribution >= 4 is 65.8 Å². The first kappa shape index (κ1) is 80.1. The lowest BCUT2D eigenvalue weighted by atomic mass is 10.0. The summed E-state index contributed by atoms with van der Waals surface area (Å²) in [5.41, 5.74) is -2.53. The molecule has 6 aliphatic rings. The number of benzene rings is 2. The van der Waals surface area contributed by atoms with Crippen LogP contribution in [-0.4, -0.2) is 175 Å². The van der Waals surface area contributed by atoms with Gasteiger partial charge in [-0.15, -0.1) is 26.3 Å². The number of esters is 2. The van der Waals surface area contributed by atoms with Crippen LogP contribution in [0.4, 0.5) is 28.0 Å². The smallest absolute Gasteiger partial charge is 0.410 e. The SMILES string of the molecule is C=CCCCCC[C@H](NC(=O)OC(C)(C)C)C(=O)N1C[C@H](OC(=O)N2Cc3cccc(F)c3C2)C[C@H]1C(=O)N(C(=O)CC)[C@]1(C(=O)OCC)C[C@H]1C=C.C=CCCCCC[C@H](NC(=O)OC(C)(C)C)C(=O)N1C[C@H](OC(=O)N2Cc3cccc(F)c3C2)C[C@H]1C(=O)N[C@]1(C(=O)OCC)C[C@H]1C=C. The van der Waals surface area contributed by atoms with Crippen molar-refractivity contribution in [1.82, 2.24) is 40.4 Å². The molecule has 9 amide bonds. The van der Waals surface area contributed by atoms with Crippen molar-refractivity contribution in [2.24, 2.45) is 11.8 Å². The van der Waals surface area contributed by atoms with E-state index < -0.39 is 142 Å². The topological polar surface area (TPSA) is 295 Å². The first-order valence-corrected chi connectivity index (χ1v) is 35.4. The van der Waals surface area contributed by atoms with Crippen LogP contribution in [0.2, 0.25) is 0 Å². The minimum Gasteiger partial charge on any atom is -0.464 e. The Labute approximate surface area is 596 Å². The van der Waals surface area contributed by atoms with Crippen molar-refractivity contribution in [3.05, 3.63) is 121 Å². The van der Waals surface area contributed by atoms with Crippen LogP contribution in [0.1, 0.15) is 181 Å². The molecule has 4 aliphatic heterocycles. The molecule has 2 aromatic carbocycles. The Morgan fingerprint density at radius 3 is 1.45 bits per heavy atom. The molecule has 4 fully saturated rings. The summed E-state index contributed by atoms with van der Waals surface area (Å²) in [5, 5.41) is 8.17. The van der Waals surface area contributed by atoms with Gasteiger partial charge in [-0.3, -0.25) is 38.7 Å². The molecule has 2 saturated heterocycles. The zero-order valence-electron chi connectivity index (χ0n) is 60.4. The van der Waals surface area contributed by atoms with Gasteiger partial charge in [-0.1, -0.05) is 81.2 Å². The second-order valence-electron chi connectivity index (χ2n) is 28.6. The Hall–Kier alpha value is -9.17. The Kier molecular flexibility index (Phi) is 27.6. The quantitative estimate of drug-likeness (QED) is 0.0295. The molecule has 558 valence electrons. The molecule has 3 N–H and O–H groups in total. The number of carbonyl (C=O) groups excluding carboxylic acids is 11. The van der Waals surface area contributed by atoms with Gasteiger partial charge in [-0.25, -0.2) is 37.5 Å². The lowest BCUT2D eigenvalue weighted by Gasteiger charge is -2.35. The minimum atomic E-state index is -1.64.